The van der Waals surface area contributed by atoms with Gasteiger partial charge in [0.15, 0.2) is 0 Å². The van der Waals surface area contributed by atoms with E-state index in [1.807, 2.05) is 18.0 Å². The maximum absolute atomic E-state index is 13.6. The summed E-state index contributed by atoms with van der Waals surface area (Å²) in [5.41, 5.74) is 3.17. The summed E-state index contributed by atoms with van der Waals surface area (Å²) in [6.07, 6.45) is 3.32. The Balaban J connectivity index is 1.73. The van der Waals surface area contributed by atoms with E-state index in [2.05, 4.69) is 15.6 Å². The van der Waals surface area contributed by atoms with E-state index < -0.39 is 11.6 Å². The molecule has 9 heteroatoms. The van der Waals surface area contributed by atoms with Crippen LogP contribution in [0.4, 0.5) is 25.8 Å². The van der Waals surface area contributed by atoms with Crippen molar-refractivity contribution in [2.45, 2.75) is 19.5 Å². The smallest absolute Gasteiger partial charge is 0.275 e. The van der Waals surface area contributed by atoms with Crippen LogP contribution in [-0.2, 0) is 11.3 Å². The number of amides is 1. The van der Waals surface area contributed by atoms with Crippen molar-refractivity contribution >= 4 is 23.0 Å². The molecule has 1 amide bonds. The van der Waals surface area contributed by atoms with Crippen molar-refractivity contribution in [3.63, 3.8) is 0 Å². The highest BCUT2D eigenvalue weighted by atomic mass is 19.1. The number of nitrogens with zero attached hydrogens (tertiary/aromatic N) is 3. The third-order valence-electron chi connectivity index (χ3n) is 6.12. The minimum Gasteiger partial charge on any atom is -0.343 e. The quantitative estimate of drug-likeness (QED) is 0.369. The molecule has 2 aromatic carbocycles. The first-order valence-corrected chi connectivity index (χ1v) is 11.7. The van der Waals surface area contributed by atoms with Gasteiger partial charge in [-0.25, -0.2) is 8.78 Å². The molecule has 0 aliphatic carbocycles. The fourth-order valence-corrected chi connectivity index (χ4v) is 3.82. The van der Waals surface area contributed by atoms with Gasteiger partial charge >= 0.3 is 0 Å². The number of benzene rings is 2. The van der Waals surface area contributed by atoms with Gasteiger partial charge in [-0.15, -0.1) is 0 Å². The fourth-order valence-electron chi connectivity index (χ4n) is 3.82. The lowest BCUT2D eigenvalue weighted by Crippen LogP contribution is -2.37. The van der Waals surface area contributed by atoms with Crippen molar-refractivity contribution in [3.05, 3.63) is 107 Å². The monoisotopic (exact) mass is 503 g/mol. The molecule has 2 aromatic heterocycles. The number of carbonyl (C=O) groups is 1. The molecule has 0 saturated carbocycles. The Kier molecular flexibility index (Phi) is 7.74. The van der Waals surface area contributed by atoms with Crippen LogP contribution in [0.5, 0.6) is 0 Å². The third kappa shape index (κ3) is 5.90. The van der Waals surface area contributed by atoms with Crippen molar-refractivity contribution < 1.29 is 13.6 Å². The van der Waals surface area contributed by atoms with E-state index in [-0.39, 0.29) is 29.8 Å². The molecule has 1 unspecified atom stereocenters. The number of hydrogen-bond acceptors (Lipinski definition) is 5. The number of anilines is 3. The van der Waals surface area contributed by atoms with Gasteiger partial charge in [0, 0.05) is 18.9 Å². The van der Waals surface area contributed by atoms with E-state index in [0.717, 1.165) is 16.9 Å². The highest BCUT2D eigenvalue weighted by Crippen LogP contribution is 2.25. The Morgan fingerprint density at radius 2 is 1.62 bits per heavy atom. The average Bonchev–Trinajstić information content (AvgIpc) is 2.91. The lowest BCUT2D eigenvalue weighted by Gasteiger charge is -2.20. The highest BCUT2D eigenvalue weighted by molar-refractivity contribution is 5.94. The zero-order valence-electron chi connectivity index (χ0n) is 20.7. The summed E-state index contributed by atoms with van der Waals surface area (Å²) >= 11 is 0. The third-order valence-corrected chi connectivity index (χ3v) is 6.12. The maximum atomic E-state index is 13.6. The van der Waals surface area contributed by atoms with Crippen molar-refractivity contribution in [1.82, 2.24) is 14.9 Å². The predicted octanol–water partition coefficient (Wildman–Crippen LogP) is 4.55. The van der Waals surface area contributed by atoms with Crippen LogP contribution in [0.3, 0.4) is 0 Å². The molecule has 0 bridgehead atoms. The van der Waals surface area contributed by atoms with Crippen LogP contribution in [0.25, 0.3) is 11.3 Å². The molecule has 37 heavy (non-hydrogen) atoms. The molecule has 7 nitrogen and oxygen atoms in total. The molecule has 0 fully saturated rings. The Morgan fingerprint density at radius 1 is 0.973 bits per heavy atom. The van der Waals surface area contributed by atoms with Crippen molar-refractivity contribution in [2.24, 2.45) is 0 Å². The van der Waals surface area contributed by atoms with Gasteiger partial charge in [-0.1, -0.05) is 0 Å². The molecular formula is C28H27F2N5O2. The van der Waals surface area contributed by atoms with Crippen molar-refractivity contribution in [1.29, 1.82) is 0 Å². The summed E-state index contributed by atoms with van der Waals surface area (Å²) in [5, 5.41) is 5.53. The SMILES string of the molecule is CNC(C)C(=O)Nc1ccc(-c2ccc(F)cc2)n(Cc2cncc(N(C)c3ccc(F)cc3)c2)c1=O. The standard InChI is InChI=1S/C28H27F2N5O2/c1-18(31-2)27(36)33-25-12-13-26(20-4-6-21(29)7-5-20)35(28(25)37)17-19-14-24(16-32-15-19)34(3)23-10-8-22(30)9-11-23/h4-16,18,31H,17H2,1-3H3,(H,33,36). The molecule has 4 aromatic rings. The summed E-state index contributed by atoms with van der Waals surface area (Å²) in [4.78, 5) is 32.2. The number of rotatable bonds is 8. The van der Waals surface area contributed by atoms with Gasteiger partial charge in [0.05, 0.1) is 30.2 Å². The minimum absolute atomic E-state index is 0.130. The summed E-state index contributed by atoms with van der Waals surface area (Å²) in [5.74, 6) is -1.05. The van der Waals surface area contributed by atoms with E-state index in [9.17, 15) is 18.4 Å². The largest absolute Gasteiger partial charge is 0.343 e. The zero-order valence-corrected chi connectivity index (χ0v) is 20.7. The Labute approximate surface area is 213 Å². The molecule has 4 rings (SSSR count). The first-order chi connectivity index (χ1) is 17.8. The van der Waals surface area contributed by atoms with E-state index in [0.29, 0.717) is 11.3 Å². The highest BCUT2D eigenvalue weighted by Gasteiger charge is 2.17. The first kappa shape index (κ1) is 25.7. The second-order valence-electron chi connectivity index (χ2n) is 8.62. The number of nitrogens with one attached hydrogen (secondary N) is 2. The molecule has 0 saturated heterocycles. The van der Waals surface area contributed by atoms with Gasteiger partial charge in [0.25, 0.3) is 5.56 Å². The van der Waals surface area contributed by atoms with E-state index >= 15 is 0 Å². The van der Waals surface area contributed by atoms with Gasteiger partial charge in [0.2, 0.25) is 5.91 Å². The topological polar surface area (TPSA) is 79.3 Å². The number of likely N-dealkylation sites (N-methyl/N-ethyl adjacent to an activating group) is 1. The van der Waals surface area contributed by atoms with Gasteiger partial charge in [-0.3, -0.25) is 14.6 Å². The molecule has 0 radical (unpaired) electrons. The second kappa shape index (κ2) is 11.1. The summed E-state index contributed by atoms with van der Waals surface area (Å²) < 4.78 is 28.5. The van der Waals surface area contributed by atoms with Crippen LogP contribution in [0.2, 0.25) is 0 Å². The number of carbonyl (C=O) groups excluding carboxylic acids is 1. The average molecular weight is 504 g/mol. The summed E-state index contributed by atoms with van der Waals surface area (Å²) in [7, 11) is 3.49. The predicted molar refractivity (Wildman–Crippen MR) is 141 cm³/mol. The van der Waals surface area contributed by atoms with Gasteiger partial charge in [0.1, 0.15) is 17.3 Å². The second-order valence-corrected chi connectivity index (χ2v) is 8.62. The van der Waals surface area contributed by atoms with Crippen molar-refractivity contribution in [2.75, 3.05) is 24.3 Å². The lowest BCUT2D eigenvalue weighted by atomic mass is 10.1. The molecule has 0 aliphatic heterocycles. The Morgan fingerprint density at radius 3 is 2.27 bits per heavy atom. The molecular weight excluding hydrogens is 476 g/mol. The van der Waals surface area contributed by atoms with Gasteiger partial charge in [-0.2, -0.15) is 0 Å². The van der Waals surface area contributed by atoms with E-state index in [1.54, 1.807) is 62.8 Å². The molecule has 0 spiro atoms. The van der Waals surface area contributed by atoms with Crippen LogP contribution in [-0.4, -0.2) is 35.6 Å². The Bertz CT molecular complexity index is 1450. The first-order valence-electron chi connectivity index (χ1n) is 11.7. The van der Waals surface area contributed by atoms with Crippen LogP contribution < -0.4 is 21.1 Å². The summed E-state index contributed by atoms with van der Waals surface area (Å²) in [6, 6.07) is 16.6. The normalized spacial score (nSPS) is 11.7. The lowest BCUT2D eigenvalue weighted by molar-refractivity contribution is -0.117. The number of aromatic nitrogens is 2. The fraction of sp³-hybridized carbons (Fsp3) is 0.179. The molecule has 1 atom stereocenters. The number of pyridine rings is 2. The van der Waals surface area contributed by atoms with Gasteiger partial charge < -0.3 is 20.1 Å². The molecule has 190 valence electrons. The maximum Gasteiger partial charge on any atom is 0.275 e. The number of halogens is 2. The molecule has 2 N–H and O–H groups in total. The summed E-state index contributed by atoms with van der Waals surface area (Å²) in [6.45, 7) is 1.84. The van der Waals surface area contributed by atoms with Crippen LogP contribution >= 0.6 is 0 Å². The molecule has 2 heterocycles. The Hall–Kier alpha value is -4.37. The van der Waals surface area contributed by atoms with Gasteiger partial charge in [-0.05, 0) is 91.8 Å². The molecule has 0 aliphatic rings. The minimum atomic E-state index is -0.493. The van der Waals surface area contributed by atoms with Crippen LogP contribution in [0, 0.1) is 11.6 Å². The van der Waals surface area contributed by atoms with Crippen LogP contribution in [0.15, 0.2) is 83.9 Å². The van der Waals surface area contributed by atoms with E-state index in [1.165, 1.54) is 28.8 Å². The van der Waals surface area contributed by atoms with Crippen LogP contribution in [0.1, 0.15) is 12.5 Å². The zero-order chi connectivity index (χ0) is 26.5. The van der Waals surface area contributed by atoms with E-state index in [4.69, 9.17) is 0 Å². The number of hydrogen-bond donors (Lipinski definition) is 2. The van der Waals surface area contributed by atoms with Crippen molar-refractivity contribution in [3.8, 4) is 11.3 Å².